The van der Waals surface area contributed by atoms with E-state index in [1.54, 1.807) is 0 Å². The summed E-state index contributed by atoms with van der Waals surface area (Å²) in [5.74, 6) is 3.50. The molecular weight excluding hydrogens is 152 g/mol. The van der Waals surface area contributed by atoms with E-state index in [2.05, 4.69) is 0 Å². The van der Waals surface area contributed by atoms with Crippen LogP contribution in [0, 0.1) is 35.5 Å². The van der Waals surface area contributed by atoms with Crippen LogP contribution in [0.2, 0.25) is 0 Å². The van der Waals surface area contributed by atoms with E-state index < -0.39 is 0 Å². The van der Waals surface area contributed by atoms with Gasteiger partial charge in [-0.15, -0.1) is 0 Å². The van der Waals surface area contributed by atoms with Gasteiger partial charge in [-0.1, -0.05) is 0 Å². The van der Waals surface area contributed by atoms with E-state index in [9.17, 15) is 10.2 Å². The molecule has 0 aromatic heterocycles. The highest BCUT2D eigenvalue weighted by Crippen LogP contribution is 2.72. The maximum atomic E-state index is 9.91. The van der Waals surface area contributed by atoms with Crippen LogP contribution < -0.4 is 0 Å². The van der Waals surface area contributed by atoms with Crippen LogP contribution in [0.15, 0.2) is 0 Å². The lowest BCUT2D eigenvalue weighted by atomic mass is 9.71. The Balaban J connectivity index is 1.92. The van der Waals surface area contributed by atoms with E-state index in [-0.39, 0.29) is 12.2 Å². The van der Waals surface area contributed by atoms with Gasteiger partial charge in [-0.05, 0) is 48.3 Å². The smallest absolute Gasteiger partial charge is 0.0605 e. The number of fused-ring (bicyclic) bond motifs is 4. The minimum absolute atomic E-state index is 0.0489. The Hall–Kier alpha value is -0.0800. The molecule has 0 saturated heterocycles. The summed E-state index contributed by atoms with van der Waals surface area (Å²) in [6.45, 7) is 0. The van der Waals surface area contributed by atoms with Crippen molar-refractivity contribution in [2.75, 3.05) is 0 Å². The third-order valence-corrected chi connectivity index (χ3v) is 5.29. The largest absolute Gasteiger partial charge is 0.393 e. The van der Waals surface area contributed by atoms with Gasteiger partial charge < -0.3 is 10.2 Å². The Morgan fingerprint density at radius 3 is 1.42 bits per heavy atom. The fraction of sp³-hybridized carbons (Fsp3) is 1.00. The van der Waals surface area contributed by atoms with E-state index in [0.29, 0.717) is 35.5 Å². The highest BCUT2D eigenvalue weighted by atomic mass is 16.3. The molecule has 0 radical (unpaired) electrons. The molecule has 0 heterocycles. The van der Waals surface area contributed by atoms with Crippen molar-refractivity contribution in [3.63, 3.8) is 0 Å². The van der Waals surface area contributed by atoms with E-state index in [1.165, 1.54) is 12.8 Å². The molecule has 4 rings (SSSR count). The number of aliphatic hydroxyl groups excluding tert-OH is 2. The molecule has 2 nitrogen and oxygen atoms in total. The molecule has 0 aliphatic heterocycles. The number of aliphatic hydroxyl groups is 2. The average molecular weight is 166 g/mol. The zero-order valence-electron chi connectivity index (χ0n) is 6.93. The van der Waals surface area contributed by atoms with E-state index >= 15 is 0 Å². The maximum Gasteiger partial charge on any atom is 0.0605 e. The Bertz CT molecular complexity index is 226. The van der Waals surface area contributed by atoms with Crippen molar-refractivity contribution >= 4 is 0 Å². The molecule has 4 bridgehead atoms. The first-order chi connectivity index (χ1) is 5.79. The zero-order chi connectivity index (χ0) is 8.03. The quantitative estimate of drug-likeness (QED) is 0.541. The second-order valence-electron chi connectivity index (χ2n) is 5.26. The second kappa shape index (κ2) is 1.60. The minimum Gasteiger partial charge on any atom is -0.393 e. The first kappa shape index (κ1) is 6.39. The SMILES string of the molecule is O[C@H]1[C@@H]2C3C4C[C@@H]([C@@H]2C[C@@H]41)[C@H]3O. The van der Waals surface area contributed by atoms with E-state index in [0.717, 1.165) is 0 Å². The summed E-state index contributed by atoms with van der Waals surface area (Å²) in [5.41, 5.74) is 0. The van der Waals surface area contributed by atoms with Crippen LogP contribution in [0.5, 0.6) is 0 Å². The maximum absolute atomic E-state index is 9.91. The number of rotatable bonds is 0. The van der Waals surface area contributed by atoms with Crippen LogP contribution >= 0.6 is 0 Å². The molecule has 4 aliphatic carbocycles. The first-order valence-electron chi connectivity index (χ1n) is 5.15. The zero-order valence-corrected chi connectivity index (χ0v) is 6.93. The molecule has 0 spiro atoms. The molecule has 4 aliphatic rings. The van der Waals surface area contributed by atoms with Gasteiger partial charge in [0, 0.05) is 0 Å². The molecule has 66 valence electrons. The topological polar surface area (TPSA) is 40.5 Å². The number of hydrogen-bond acceptors (Lipinski definition) is 2. The Labute approximate surface area is 71.6 Å². The van der Waals surface area contributed by atoms with Gasteiger partial charge in [0.2, 0.25) is 0 Å². The Morgan fingerprint density at radius 1 is 0.667 bits per heavy atom. The third-order valence-electron chi connectivity index (χ3n) is 5.29. The average Bonchev–Trinajstić information content (AvgIpc) is 2.68. The lowest BCUT2D eigenvalue weighted by Gasteiger charge is -2.33. The standard InChI is InChI=1S/C10H14O2/c11-9-5-1-3-6-2-4(5)8(7(3)9)10(6)12/h3-12H,1-2H2/t3-,4?,5-,6-,7-,8?,9+,10+/m0/s1. The molecule has 0 amide bonds. The summed E-state index contributed by atoms with van der Waals surface area (Å²) in [4.78, 5) is 0. The lowest BCUT2D eigenvalue weighted by molar-refractivity contribution is 0.0944. The predicted molar refractivity (Wildman–Crippen MR) is 42.2 cm³/mol. The molecule has 2 unspecified atom stereocenters. The highest BCUT2D eigenvalue weighted by Gasteiger charge is 2.72. The van der Waals surface area contributed by atoms with E-state index in [4.69, 9.17) is 0 Å². The fourth-order valence-electron chi connectivity index (χ4n) is 5.10. The van der Waals surface area contributed by atoms with Crippen LogP contribution in [0.25, 0.3) is 0 Å². The molecule has 0 aromatic rings. The summed E-state index contributed by atoms with van der Waals surface area (Å²) >= 11 is 0. The van der Waals surface area contributed by atoms with Crippen molar-refractivity contribution < 1.29 is 10.2 Å². The second-order valence-corrected chi connectivity index (χ2v) is 5.26. The van der Waals surface area contributed by atoms with Crippen LogP contribution in [0.3, 0.4) is 0 Å². The van der Waals surface area contributed by atoms with Gasteiger partial charge in [-0.25, -0.2) is 0 Å². The third kappa shape index (κ3) is 0.409. The minimum atomic E-state index is -0.0489. The predicted octanol–water partition coefficient (Wildman–Crippen LogP) is 0.240. The molecular formula is C10H14O2. The molecule has 8 atom stereocenters. The normalized spacial score (nSPS) is 76.5. The highest BCUT2D eigenvalue weighted by molar-refractivity contribution is 5.20. The van der Waals surface area contributed by atoms with Crippen LogP contribution in [-0.4, -0.2) is 22.4 Å². The van der Waals surface area contributed by atoms with E-state index in [1.807, 2.05) is 0 Å². The van der Waals surface area contributed by atoms with Gasteiger partial charge in [-0.3, -0.25) is 0 Å². The molecule has 4 fully saturated rings. The van der Waals surface area contributed by atoms with Gasteiger partial charge in [0.05, 0.1) is 12.2 Å². The molecule has 0 aromatic carbocycles. The van der Waals surface area contributed by atoms with Gasteiger partial charge in [0.25, 0.3) is 0 Å². The van der Waals surface area contributed by atoms with Crippen molar-refractivity contribution in [3.05, 3.63) is 0 Å². The Kier molecular flexibility index (Phi) is 0.851. The summed E-state index contributed by atoms with van der Waals surface area (Å²) in [6.07, 6.45) is 2.34. The van der Waals surface area contributed by atoms with Crippen LogP contribution in [0.1, 0.15) is 12.8 Å². The summed E-state index contributed by atoms with van der Waals surface area (Å²) in [6, 6.07) is 0. The monoisotopic (exact) mass is 166 g/mol. The fourth-order valence-corrected chi connectivity index (χ4v) is 5.10. The Morgan fingerprint density at radius 2 is 1.08 bits per heavy atom. The summed E-state index contributed by atoms with van der Waals surface area (Å²) in [7, 11) is 0. The summed E-state index contributed by atoms with van der Waals surface area (Å²) in [5, 5.41) is 19.8. The molecule has 12 heavy (non-hydrogen) atoms. The molecule has 2 N–H and O–H groups in total. The number of hydrogen-bond donors (Lipinski definition) is 2. The van der Waals surface area contributed by atoms with Gasteiger partial charge in [-0.2, -0.15) is 0 Å². The first-order valence-corrected chi connectivity index (χ1v) is 5.15. The van der Waals surface area contributed by atoms with Crippen LogP contribution in [0.4, 0.5) is 0 Å². The van der Waals surface area contributed by atoms with Gasteiger partial charge in [0.15, 0.2) is 0 Å². The van der Waals surface area contributed by atoms with Crippen molar-refractivity contribution in [1.29, 1.82) is 0 Å². The summed E-state index contributed by atoms with van der Waals surface area (Å²) < 4.78 is 0. The van der Waals surface area contributed by atoms with Crippen molar-refractivity contribution in [1.82, 2.24) is 0 Å². The molecule has 4 saturated carbocycles. The van der Waals surface area contributed by atoms with Crippen molar-refractivity contribution in [2.24, 2.45) is 35.5 Å². The molecule has 2 heteroatoms. The van der Waals surface area contributed by atoms with Crippen LogP contribution in [-0.2, 0) is 0 Å². The van der Waals surface area contributed by atoms with Gasteiger partial charge in [0.1, 0.15) is 0 Å². The van der Waals surface area contributed by atoms with Crippen molar-refractivity contribution in [3.8, 4) is 0 Å². The lowest BCUT2D eigenvalue weighted by Crippen LogP contribution is -2.27. The van der Waals surface area contributed by atoms with Gasteiger partial charge >= 0.3 is 0 Å². The van der Waals surface area contributed by atoms with Crippen molar-refractivity contribution in [2.45, 2.75) is 25.0 Å².